The average Bonchev–Trinajstić information content (AvgIpc) is 3.26. The van der Waals surface area contributed by atoms with Gasteiger partial charge in [-0.1, -0.05) is 99.6 Å². The number of carbonyl (C=O) groups excluding carboxylic acids is 2. The molecular formula is C33H38N2O6. The maximum absolute atomic E-state index is 13.4. The van der Waals surface area contributed by atoms with Gasteiger partial charge in [0.05, 0.1) is 12.7 Å². The van der Waals surface area contributed by atoms with Crippen LogP contribution in [0.1, 0.15) is 56.7 Å². The molecular weight excluding hydrogens is 520 g/mol. The summed E-state index contributed by atoms with van der Waals surface area (Å²) in [7, 11) is 0. The summed E-state index contributed by atoms with van der Waals surface area (Å²) in [5.41, 5.74) is 4.91. The Bertz CT molecular complexity index is 1320. The van der Waals surface area contributed by atoms with Crippen LogP contribution in [-0.2, 0) is 25.7 Å². The first-order valence-corrected chi connectivity index (χ1v) is 13.8. The van der Waals surface area contributed by atoms with E-state index in [9.17, 15) is 19.5 Å². The zero-order chi connectivity index (χ0) is 29.6. The van der Waals surface area contributed by atoms with E-state index in [0.717, 1.165) is 27.8 Å². The van der Waals surface area contributed by atoms with Crippen molar-refractivity contribution < 1.29 is 29.0 Å². The van der Waals surface area contributed by atoms with E-state index in [2.05, 4.69) is 22.8 Å². The first kappa shape index (κ1) is 29.8. The van der Waals surface area contributed by atoms with Crippen molar-refractivity contribution in [1.82, 2.24) is 10.6 Å². The highest BCUT2D eigenvalue weighted by atomic mass is 16.5. The van der Waals surface area contributed by atoms with Crippen molar-refractivity contribution in [2.75, 3.05) is 6.61 Å². The van der Waals surface area contributed by atoms with E-state index in [0.29, 0.717) is 0 Å². The van der Waals surface area contributed by atoms with Crippen LogP contribution in [0, 0.1) is 5.41 Å². The number of amides is 2. The number of ether oxygens (including phenoxy) is 2. The third kappa shape index (κ3) is 7.73. The molecule has 0 spiro atoms. The number of carbonyl (C=O) groups is 3. The fraction of sp³-hybridized carbons (Fsp3) is 0.364. The van der Waals surface area contributed by atoms with Gasteiger partial charge in [-0.15, -0.1) is 0 Å². The highest BCUT2D eigenvalue weighted by Gasteiger charge is 2.34. The lowest BCUT2D eigenvalue weighted by atomic mass is 9.88. The van der Waals surface area contributed by atoms with Gasteiger partial charge in [-0.2, -0.15) is 0 Å². The second kappa shape index (κ2) is 13.0. The molecule has 3 aromatic rings. The Hall–Kier alpha value is -4.17. The molecule has 0 saturated carbocycles. The number of benzene rings is 3. The topological polar surface area (TPSA) is 114 Å². The fourth-order valence-electron chi connectivity index (χ4n) is 5.14. The maximum Gasteiger partial charge on any atom is 0.407 e. The summed E-state index contributed by atoms with van der Waals surface area (Å²) in [6, 6.07) is 23.2. The predicted molar refractivity (Wildman–Crippen MR) is 156 cm³/mol. The first-order chi connectivity index (χ1) is 19.5. The molecule has 1 aliphatic carbocycles. The van der Waals surface area contributed by atoms with E-state index >= 15 is 0 Å². The molecule has 3 unspecified atom stereocenters. The Morgan fingerprint density at radius 3 is 1.98 bits per heavy atom. The van der Waals surface area contributed by atoms with Crippen LogP contribution in [-0.4, -0.2) is 47.9 Å². The van der Waals surface area contributed by atoms with Crippen LogP contribution in [0.4, 0.5) is 4.79 Å². The van der Waals surface area contributed by atoms with Gasteiger partial charge in [0, 0.05) is 5.92 Å². The van der Waals surface area contributed by atoms with E-state index < -0.39 is 36.2 Å². The Morgan fingerprint density at radius 1 is 0.854 bits per heavy atom. The Balaban J connectivity index is 1.47. The minimum absolute atomic E-state index is 0.0786. The van der Waals surface area contributed by atoms with Crippen LogP contribution < -0.4 is 10.6 Å². The zero-order valence-electron chi connectivity index (χ0n) is 23.9. The number of aliphatic carboxylic acids is 1. The molecule has 3 N–H and O–H groups in total. The first-order valence-electron chi connectivity index (χ1n) is 13.8. The van der Waals surface area contributed by atoms with Crippen molar-refractivity contribution >= 4 is 18.0 Å². The van der Waals surface area contributed by atoms with Gasteiger partial charge in [-0.3, -0.25) is 4.79 Å². The van der Waals surface area contributed by atoms with Crippen LogP contribution in [0.25, 0.3) is 11.1 Å². The number of carboxylic acid groups (broad SMARTS) is 1. The highest BCUT2D eigenvalue weighted by molar-refractivity contribution is 5.89. The average molecular weight is 559 g/mol. The van der Waals surface area contributed by atoms with E-state index in [1.54, 1.807) is 6.92 Å². The number of carboxylic acids is 1. The van der Waals surface area contributed by atoms with Crippen molar-refractivity contribution in [2.24, 2.45) is 5.41 Å². The molecule has 8 nitrogen and oxygen atoms in total. The third-order valence-electron chi connectivity index (χ3n) is 7.16. The second-order valence-corrected chi connectivity index (χ2v) is 11.6. The van der Waals surface area contributed by atoms with Crippen LogP contribution in [0.15, 0.2) is 78.9 Å². The predicted octanol–water partition coefficient (Wildman–Crippen LogP) is 5.50. The molecule has 0 bridgehead atoms. The minimum atomic E-state index is -1.18. The normalized spacial score (nSPS) is 14.7. The van der Waals surface area contributed by atoms with E-state index in [1.807, 2.05) is 87.5 Å². The van der Waals surface area contributed by atoms with Crippen LogP contribution >= 0.6 is 0 Å². The third-order valence-corrected chi connectivity index (χ3v) is 7.16. The number of hydrogen-bond acceptors (Lipinski definition) is 5. The summed E-state index contributed by atoms with van der Waals surface area (Å²) in [5.74, 6) is -1.95. The van der Waals surface area contributed by atoms with E-state index in [1.165, 1.54) is 0 Å². The lowest BCUT2D eigenvalue weighted by Gasteiger charge is -2.28. The summed E-state index contributed by atoms with van der Waals surface area (Å²) < 4.78 is 11.6. The summed E-state index contributed by atoms with van der Waals surface area (Å²) in [6.45, 7) is 7.64. The molecule has 41 heavy (non-hydrogen) atoms. The Labute approximate surface area is 241 Å². The SMILES string of the molecule is CC(OCc1ccccc1)C(NC(=O)OCC1c2ccccc2-c2ccccc21)C(=O)NC(CC(C)(C)C)C(=O)O. The number of rotatable bonds is 11. The zero-order valence-corrected chi connectivity index (χ0v) is 23.9. The van der Waals surface area contributed by atoms with Gasteiger partial charge in [0.1, 0.15) is 18.7 Å². The number of fused-ring (bicyclic) bond motifs is 3. The molecule has 3 aromatic carbocycles. The van der Waals surface area contributed by atoms with Gasteiger partial charge in [0.25, 0.3) is 0 Å². The largest absolute Gasteiger partial charge is 0.480 e. The molecule has 0 radical (unpaired) electrons. The minimum Gasteiger partial charge on any atom is -0.480 e. The van der Waals surface area contributed by atoms with E-state index in [4.69, 9.17) is 9.47 Å². The standard InChI is InChI=1S/C33H38N2O6/c1-21(40-19-22-12-6-5-7-13-22)29(30(36)34-28(31(37)38)18-33(2,3)4)35-32(39)41-20-27-25-16-10-8-14-23(25)24-15-9-11-17-26(24)27/h5-17,21,27-29H,18-20H2,1-4H3,(H,34,36)(H,35,39)(H,37,38). The second-order valence-electron chi connectivity index (χ2n) is 11.6. The van der Waals surface area contributed by atoms with Gasteiger partial charge in [-0.05, 0) is 46.6 Å². The van der Waals surface area contributed by atoms with Crippen molar-refractivity contribution in [3.8, 4) is 11.1 Å². The molecule has 4 rings (SSSR count). The fourth-order valence-corrected chi connectivity index (χ4v) is 5.14. The highest BCUT2D eigenvalue weighted by Crippen LogP contribution is 2.44. The summed E-state index contributed by atoms with van der Waals surface area (Å²) >= 11 is 0. The van der Waals surface area contributed by atoms with Gasteiger partial charge < -0.3 is 25.2 Å². The van der Waals surface area contributed by atoms with Crippen molar-refractivity contribution in [2.45, 2.75) is 64.8 Å². The number of nitrogens with one attached hydrogen (secondary N) is 2. The monoisotopic (exact) mass is 558 g/mol. The van der Waals surface area contributed by atoms with Gasteiger partial charge >= 0.3 is 12.1 Å². The van der Waals surface area contributed by atoms with Gasteiger partial charge in [0.15, 0.2) is 0 Å². The maximum atomic E-state index is 13.4. The van der Waals surface area contributed by atoms with Crippen molar-refractivity contribution in [3.05, 3.63) is 95.6 Å². The van der Waals surface area contributed by atoms with E-state index in [-0.39, 0.29) is 31.0 Å². The molecule has 3 atom stereocenters. The molecule has 0 aliphatic heterocycles. The van der Waals surface area contributed by atoms with Crippen LogP contribution in [0.5, 0.6) is 0 Å². The van der Waals surface area contributed by atoms with Gasteiger partial charge in [-0.25, -0.2) is 9.59 Å². The van der Waals surface area contributed by atoms with Crippen LogP contribution in [0.2, 0.25) is 0 Å². The number of hydrogen-bond donors (Lipinski definition) is 3. The summed E-state index contributed by atoms with van der Waals surface area (Å²) in [6.07, 6.45) is -1.35. The molecule has 0 saturated heterocycles. The Morgan fingerprint density at radius 2 is 1.41 bits per heavy atom. The molecule has 1 aliphatic rings. The van der Waals surface area contributed by atoms with Crippen molar-refractivity contribution in [3.63, 3.8) is 0 Å². The smallest absolute Gasteiger partial charge is 0.407 e. The van der Waals surface area contributed by atoms with Gasteiger partial charge in [0.2, 0.25) is 5.91 Å². The number of alkyl carbamates (subject to hydrolysis) is 1. The summed E-state index contributed by atoms with van der Waals surface area (Å²) in [5, 5.41) is 15.0. The molecule has 216 valence electrons. The molecule has 2 amide bonds. The molecule has 8 heteroatoms. The van der Waals surface area contributed by atoms with Crippen LogP contribution in [0.3, 0.4) is 0 Å². The van der Waals surface area contributed by atoms with Crippen molar-refractivity contribution in [1.29, 1.82) is 0 Å². The lowest BCUT2D eigenvalue weighted by molar-refractivity contribution is -0.143. The Kier molecular flexibility index (Phi) is 9.45. The lowest BCUT2D eigenvalue weighted by Crippen LogP contribution is -2.56. The molecule has 0 aromatic heterocycles. The quantitative estimate of drug-likeness (QED) is 0.286. The molecule has 0 heterocycles. The molecule has 0 fully saturated rings. The summed E-state index contributed by atoms with van der Waals surface area (Å²) in [4.78, 5) is 38.4.